The zero-order valence-corrected chi connectivity index (χ0v) is 14.1. The van der Waals surface area contributed by atoms with Crippen LogP contribution in [0, 0.1) is 17.8 Å². The van der Waals surface area contributed by atoms with Gasteiger partial charge in [0.1, 0.15) is 0 Å². The van der Waals surface area contributed by atoms with Crippen LogP contribution in [0.3, 0.4) is 0 Å². The van der Waals surface area contributed by atoms with Crippen molar-refractivity contribution in [2.24, 2.45) is 17.8 Å². The summed E-state index contributed by atoms with van der Waals surface area (Å²) >= 11 is 0. The van der Waals surface area contributed by atoms with Gasteiger partial charge in [0.2, 0.25) is 0 Å². The molecule has 1 aliphatic heterocycles. The van der Waals surface area contributed by atoms with Gasteiger partial charge in [-0.05, 0) is 50.5 Å². The van der Waals surface area contributed by atoms with Crippen LogP contribution in [0.2, 0.25) is 0 Å². The summed E-state index contributed by atoms with van der Waals surface area (Å²) in [6.45, 7) is 7.64. The van der Waals surface area contributed by atoms with Crippen molar-refractivity contribution in [2.75, 3.05) is 6.61 Å². The van der Waals surface area contributed by atoms with Gasteiger partial charge in [-0.2, -0.15) is 0 Å². The monoisotopic (exact) mass is 296 g/mol. The van der Waals surface area contributed by atoms with E-state index in [1.807, 2.05) is 0 Å². The van der Waals surface area contributed by atoms with Crippen LogP contribution >= 0.6 is 0 Å². The minimum Gasteiger partial charge on any atom is -0.373 e. The molecule has 4 atom stereocenters. The molecule has 3 rings (SSSR count). The summed E-state index contributed by atoms with van der Waals surface area (Å²) in [6.07, 6.45) is 8.79. The number of hydrogen-bond acceptors (Lipinski definition) is 1. The molecule has 2 bridgehead atoms. The third-order valence-corrected chi connectivity index (χ3v) is 5.22. The van der Waals surface area contributed by atoms with Gasteiger partial charge in [-0.15, -0.1) is 0 Å². The fraction of sp³-hybridized carbons (Fsp3) is 0.524. The molecule has 2 aliphatic rings. The Morgan fingerprint density at radius 1 is 1.23 bits per heavy atom. The van der Waals surface area contributed by atoms with E-state index in [0.29, 0.717) is 17.8 Å². The Kier molecular flexibility index (Phi) is 4.83. The molecule has 1 heterocycles. The summed E-state index contributed by atoms with van der Waals surface area (Å²) in [7, 11) is 0. The smallest absolute Gasteiger partial charge is 0.0890 e. The van der Waals surface area contributed by atoms with Gasteiger partial charge in [0.05, 0.1) is 12.7 Å². The quantitative estimate of drug-likeness (QED) is 0.647. The molecule has 0 N–H and O–H groups in total. The molecule has 1 nitrogen and oxygen atoms in total. The predicted octanol–water partition coefficient (Wildman–Crippen LogP) is 5.70. The van der Waals surface area contributed by atoms with Crippen LogP contribution < -0.4 is 0 Å². The second kappa shape index (κ2) is 6.83. The van der Waals surface area contributed by atoms with E-state index in [1.165, 1.54) is 24.0 Å². The van der Waals surface area contributed by atoms with Gasteiger partial charge in [-0.25, -0.2) is 0 Å². The van der Waals surface area contributed by atoms with Crippen molar-refractivity contribution in [1.29, 1.82) is 0 Å². The normalized spacial score (nSPS) is 30.6. The third kappa shape index (κ3) is 3.35. The molecule has 1 heteroatoms. The molecule has 0 aromatic heterocycles. The Balaban J connectivity index is 1.81. The molecule has 118 valence electrons. The molecule has 0 unspecified atom stereocenters. The molecule has 0 radical (unpaired) electrons. The van der Waals surface area contributed by atoms with Crippen molar-refractivity contribution < 1.29 is 4.74 Å². The lowest BCUT2D eigenvalue weighted by atomic mass is 9.70. The maximum atomic E-state index is 6.30. The van der Waals surface area contributed by atoms with Gasteiger partial charge in [0.15, 0.2) is 0 Å². The number of rotatable bonds is 4. The molecule has 0 saturated carbocycles. The summed E-state index contributed by atoms with van der Waals surface area (Å²) in [4.78, 5) is 0. The van der Waals surface area contributed by atoms with Gasteiger partial charge in [0, 0.05) is 5.92 Å². The molecular formula is C21H28O. The summed E-state index contributed by atoms with van der Waals surface area (Å²) in [5, 5.41) is 0. The van der Waals surface area contributed by atoms with E-state index in [2.05, 4.69) is 63.3 Å². The molecule has 1 saturated heterocycles. The Bertz CT molecular complexity index is 551. The van der Waals surface area contributed by atoms with Gasteiger partial charge >= 0.3 is 0 Å². The van der Waals surface area contributed by atoms with Crippen LogP contribution in [-0.4, -0.2) is 6.61 Å². The number of ether oxygens (including phenoxy) is 1. The van der Waals surface area contributed by atoms with Gasteiger partial charge in [-0.1, -0.05) is 60.6 Å². The van der Waals surface area contributed by atoms with E-state index >= 15 is 0 Å². The van der Waals surface area contributed by atoms with Crippen LogP contribution in [0.4, 0.5) is 0 Å². The van der Waals surface area contributed by atoms with Gasteiger partial charge in [0.25, 0.3) is 0 Å². The van der Waals surface area contributed by atoms with Gasteiger partial charge < -0.3 is 4.74 Å². The highest BCUT2D eigenvalue weighted by Gasteiger charge is 2.39. The number of hydrogen-bond donors (Lipinski definition) is 0. The van der Waals surface area contributed by atoms with Crippen LogP contribution in [0.15, 0.2) is 53.6 Å². The lowest BCUT2D eigenvalue weighted by molar-refractivity contribution is -0.0629. The fourth-order valence-electron chi connectivity index (χ4n) is 3.94. The molecule has 0 spiro atoms. The minimum atomic E-state index is 0.253. The molecule has 22 heavy (non-hydrogen) atoms. The standard InChI is InChI=1S/C21H28O/c1-15(2)8-7-11-18-12-16(3)19-13-20(18)21(22-14-19)17-9-5-4-6-10-17/h4-6,8-10,12,16,19-21H,7,11,13-14H2,1-3H3/t16-,19+,20+,21-/m1/s1. The van der Waals surface area contributed by atoms with Crippen molar-refractivity contribution in [3.05, 3.63) is 59.2 Å². The Morgan fingerprint density at radius 3 is 2.73 bits per heavy atom. The maximum Gasteiger partial charge on any atom is 0.0890 e. The van der Waals surface area contributed by atoms with Crippen molar-refractivity contribution in [3.8, 4) is 0 Å². The Labute approximate surface area is 135 Å². The van der Waals surface area contributed by atoms with E-state index in [1.54, 1.807) is 5.57 Å². The zero-order chi connectivity index (χ0) is 15.5. The maximum absolute atomic E-state index is 6.30. The average molecular weight is 296 g/mol. The SMILES string of the molecule is CC(C)=CCCC1=C[C@@H](C)[C@@H]2CO[C@H](c3ccccc3)[C@H]1C2. The first-order valence-corrected chi connectivity index (χ1v) is 8.65. The molecule has 1 aromatic carbocycles. The largest absolute Gasteiger partial charge is 0.373 e. The highest BCUT2D eigenvalue weighted by molar-refractivity contribution is 5.26. The first kappa shape index (κ1) is 15.6. The van der Waals surface area contributed by atoms with Crippen LogP contribution in [0.1, 0.15) is 51.7 Å². The van der Waals surface area contributed by atoms with Crippen LogP contribution in [0.25, 0.3) is 0 Å². The first-order valence-electron chi connectivity index (χ1n) is 8.65. The van der Waals surface area contributed by atoms with E-state index in [9.17, 15) is 0 Å². The summed E-state index contributed by atoms with van der Waals surface area (Å²) < 4.78 is 6.30. The van der Waals surface area contributed by atoms with E-state index < -0.39 is 0 Å². The molecule has 1 aromatic rings. The lowest BCUT2D eigenvalue weighted by Crippen LogP contribution is -2.36. The average Bonchev–Trinajstić information content (AvgIpc) is 2.53. The topological polar surface area (TPSA) is 9.23 Å². The summed E-state index contributed by atoms with van der Waals surface area (Å²) in [5.74, 6) is 1.94. The minimum absolute atomic E-state index is 0.253. The second-order valence-electron chi connectivity index (χ2n) is 7.19. The molecule has 0 amide bonds. The van der Waals surface area contributed by atoms with Crippen LogP contribution in [-0.2, 0) is 4.74 Å². The fourth-order valence-corrected chi connectivity index (χ4v) is 3.94. The molecular weight excluding hydrogens is 268 g/mol. The van der Waals surface area contributed by atoms with Gasteiger partial charge in [-0.3, -0.25) is 0 Å². The molecule has 1 fully saturated rings. The zero-order valence-electron chi connectivity index (χ0n) is 14.1. The number of benzene rings is 1. The second-order valence-corrected chi connectivity index (χ2v) is 7.19. The lowest BCUT2D eigenvalue weighted by Gasteiger charge is -2.43. The third-order valence-electron chi connectivity index (χ3n) is 5.22. The van der Waals surface area contributed by atoms with Crippen LogP contribution in [0.5, 0.6) is 0 Å². The molecule has 1 aliphatic carbocycles. The van der Waals surface area contributed by atoms with Crippen molar-refractivity contribution in [1.82, 2.24) is 0 Å². The highest BCUT2D eigenvalue weighted by Crippen LogP contribution is 2.47. The number of fused-ring (bicyclic) bond motifs is 2. The number of allylic oxidation sites excluding steroid dienone is 3. The Morgan fingerprint density at radius 2 is 2.00 bits per heavy atom. The highest BCUT2D eigenvalue weighted by atomic mass is 16.5. The van der Waals surface area contributed by atoms with Crippen molar-refractivity contribution in [3.63, 3.8) is 0 Å². The summed E-state index contributed by atoms with van der Waals surface area (Å²) in [6, 6.07) is 10.8. The van der Waals surface area contributed by atoms with E-state index in [-0.39, 0.29) is 6.10 Å². The predicted molar refractivity (Wildman–Crippen MR) is 92.6 cm³/mol. The van der Waals surface area contributed by atoms with Crippen molar-refractivity contribution >= 4 is 0 Å². The summed E-state index contributed by atoms with van der Waals surface area (Å²) in [5.41, 5.74) is 4.38. The van der Waals surface area contributed by atoms with E-state index in [4.69, 9.17) is 4.74 Å². The van der Waals surface area contributed by atoms with Crippen molar-refractivity contribution in [2.45, 2.75) is 46.1 Å². The van der Waals surface area contributed by atoms with E-state index in [0.717, 1.165) is 13.0 Å². The Hall–Kier alpha value is -1.34. The first-order chi connectivity index (χ1) is 10.6.